The second-order valence-electron chi connectivity index (χ2n) is 7.00. The van der Waals surface area contributed by atoms with Crippen LogP contribution in [-0.4, -0.2) is 46.6 Å². The van der Waals surface area contributed by atoms with Crippen molar-refractivity contribution in [3.63, 3.8) is 0 Å². The maximum atomic E-state index is 12.3. The third-order valence-electron chi connectivity index (χ3n) is 4.23. The molecule has 0 fully saturated rings. The van der Waals surface area contributed by atoms with E-state index in [2.05, 4.69) is 5.32 Å². The predicted octanol–water partition coefficient (Wildman–Crippen LogP) is 1.01. The molecule has 29 heavy (non-hydrogen) atoms. The summed E-state index contributed by atoms with van der Waals surface area (Å²) in [6.07, 6.45) is -1.46. The van der Waals surface area contributed by atoms with Crippen molar-refractivity contribution in [2.24, 2.45) is 11.7 Å². The fourth-order valence-corrected chi connectivity index (χ4v) is 2.84. The normalized spacial score (nSPS) is 14.0. The maximum absolute atomic E-state index is 12.3. The molecule has 4 N–H and O–H groups in total. The molecule has 160 valence electrons. The average Bonchev–Trinajstić information content (AvgIpc) is 2.63. The minimum Gasteiger partial charge on any atom is -0.466 e. The lowest BCUT2D eigenvalue weighted by atomic mass is 9.87. The Labute approximate surface area is 168 Å². The lowest BCUT2D eigenvalue weighted by molar-refractivity contribution is -0.384. The molecule has 0 saturated carbocycles. The number of hydrogen-bond donors (Lipinski definition) is 3. The van der Waals surface area contributed by atoms with Gasteiger partial charge < -0.3 is 20.9 Å². The van der Waals surface area contributed by atoms with E-state index >= 15 is 0 Å². The van der Waals surface area contributed by atoms with Gasteiger partial charge in [0.05, 0.1) is 18.0 Å². The molecule has 0 aliphatic carbocycles. The first kappa shape index (κ1) is 24.0. The van der Waals surface area contributed by atoms with Gasteiger partial charge in [0.15, 0.2) is 0 Å². The molecule has 0 saturated heterocycles. The third kappa shape index (κ3) is 7.49. The summed E-state index contributed by atoms with van der Waals surface area (Å²) in [6.45, 7) is 5.38. The van der Waals surface area contributed by atoms with Crippen molar-refractivity contribution in [3.8, 4) is 0 Å². The number of aliphatic hydroxyl groups is 1. The largest absolute Gasteiger partial charge is 0.466 e. The van der Waals surface area contributed by atoms with Gasteiger partial charge in [-0.25, -0.2) is 0 Å². The van der Waals surface area contributed by atoms with Gasteiger partial charge in [0.1, 0.15) is 12.1 Å². The molecule has 0 spiro atoms. The first-order valence-corrected chi connectivity index (χ1v) is 9.24. The molecular weight excluding hydrogens is 382 g/mol. The topological polar surface area (TPSA) is 162 Å². The molecule has 0 aromatic heterocycles. The zero-order chi connectivity index (χ0) is 22.1. The molecule has 0 aliphatic rings. The molecular formula is C19H27N3O7. The number of carbonyl (C=O) groups is 3. The van der Waals surface area contributed by atoms with Crippen LogP contribution in [0.5, 0.6) is 0 Å². The molecule has 0 heterocycles. The molecule has 1 aromatic rings. The van der Waals surface area contributed by atoms with E-state index in [-0.39, 0.29) is 31.1 Å². The Balaban J connectivity index is 3.20. The number of nitro groups is 1. The smallest absolute Gasteiger partial charge is 0.306 e. The number of ether oxygens (including phenoxy) is 1. The maximum Gasteiger partial charge on any atom is 0.306 e. The average molecular weight is 409 g/mol. The van der Waals surface area contributed by atoms with Crippen molar-refractivity contribution in [2.45, 2.75) is 51.7 Å². The first-order chi connectivity index (χ1) is 13.6. The molecule has 10 nitrogen and oxygen atoms in total. The van der Waals surface area contributed by atoms with Crippen LogP contribution in [0.2, 0.25) is 0 Å². The number of hydrogen-bond acceptors (Lipinski definition) is 7. The molecule has 3 atom stereocenters. The van der Waals surface area contributed by atoms with Crippen LogP contribution in [0, 0.1) is 16.0 Å². The Hall–Kier alpha value is -3.01. The van der Waals surface area contributed by atoms with Gasteiger partial charge >= 0.3 is 5.97 Å². The number of amides is 2. The van der Waals surface area contributed by atoms with Crippen LogP contribution < -0.4 is 11.1 Å². The summed E-state index contributed by atoms with van der Waals surface area (Å²) in [5.74, 6) is -3.23. The Morgan fingerprint density at radius 1 is 1.24 bits per heavy atom. The van der Waals surface area contributed by atoms with Gasteiger partial charge in [-0.3, -0.25) is 24.5 Å². The summed E-state index contributed by atoms with van der Waals surface area (Å²) in [4.78, 5) is 46.7. The highest BCUT2D eigenvalue weighted by Gasteiger charge is 2.33. The number of nitro benzene ring substituents is 1. The number of benzene rings is 1. The van der Waals surface area contributed by atoms with Crippen LogP contribution in [-0.2, 0) is 19.1 Å². The molecule has 0 bridgehead atoms. The summed E-state index contributed by atoms with van der Waals surface area (Å²) in [5, 5.41) is 23.3. The lowest BCUT2D eigenvalue weighted by Gasteiger charge is -2.26. The third-order valence-corrected chi connectivity index (χ3v) is 4.23. The fourth-order valence-electron chi connectivity index (χ4n) is 2.84. The van der Waals surface area contributed by atoms with Crippen LogP contribution in [0.15, 0.2) is 24.3 Å². The van der Waals surface area contributed by atoms with Gasteiger partial charge in [0.2, 0.25) is 11.8 Å². The van der Waals surface area contributed by atoms with Crippen molar-refractivity contribution in [1.82, 2.24) is 5.32 Å². The number of nitrogens with zero attached hydrogens (tertiary/aromatic N) is 1. The molecule has 1 rings (SSSR count). The summed E-state index contributed by atoms with van der Waals surface area (Å²) in [6, 6.07) is 3.89. The number of esters is 1. The second-order valence-corrected chi connectivity index (χ2v) is 7.00. The van der Waals surface area contributed by atoms with Crippen molar-refractivity contribution in [2.75, 3.05) is 6.61 Å². The van der Waals surface area contributed by atoms with Crippen LogP contribution >= 0.6 is 0 Å². The zero-order valence-corrected chi connectivity index (χ0v) is 16.7. The molecule has 10 heteroatoms. The molecule has 0 unspecified atom stereocenters. The van der Waals surface area contributed by atoms with Crippen LogP contribution in [0.4, 0.5) is 5.69 Å². The van der Waals surface area contributed by atoms with Crippen molar-refractivity contribution in [1.29, 1.82) is 0 Å². The van der Waals surface area contributed by atoms with Crippen LogP contribution in [0.25, 0.3) is 0 Å². The van der Waals surface area contributed by atoms with Crippen LogP contribution in [0.1, 0.15) is 45.1 Å². The van der Waals surface area contributed by atoms with E-state index in [0.29, 0.717) is 5.56 Å². The Kier molecular flexibility index (Phi) is 9.20. The number of rotatable bonds is 11. The van der Waals surface area contributed by atoms with Gasteiger partial charge in [0.25, 0.3) is 5.69 Å². The standard InChI is InChI=1S/C19H27N3O7/c1-4-29-16(24)10-14(12-5-7-13(8-6-12)22(27)28)17(18(20)25)21-19(26)15(23)9-11(2)3/h5-8,11,14-15,17,23H,4,9-10H2,1-3H3,(H2,20,25)(H,21,26)/t14-,15+,17+/m0/s1. The number of primary amides is 1. The zero-order valence-electron chi connectivity index (χ0n) is 16.7. The highest BCUT2D eigenvalue weighted by molar-refractivity contribution is 5.89. The lowest BCUT2D eigenvalue weighted by Crippen LogP contribution is -2.51. The number of non-ortho nitro benzene ring substituents is 1. The highest BCUT2D eigenvalue weighted by Crippen LogP contribution is 2.27. The number of nitrogens with two attached hydrogens (primary N) is 1. The Morgan fingerprint density at radius 2 is 1.83 bits per heavy atom. The van der Waals surface area contributed by atoms with E-state index in [4.69, 9.17) is 10.5 Å². The summed E-state index contributed by atoms with van der Waals surface area (Å²) >= 11 is 0. The second kappa shape index (κ2) is 11.1. The van der Waals surface area contributed by atoms with E-state index in [1.807, 2.05) is 13.8 Å². The monoisotopic (exact) mass is 409 g/mol. The molecule has 2 amide bonds. The SMILES string of the molecule is CCOC(=O)C[C@@H](c1ccc([N+](=O)[O-])cc1)[C@@H](NC(=O)[C@H](O)CC(C)C)C(N)=O. The highest BCUT2D eigenvalue weighted by atomic mass is 16.6. The Bertz CT molecular complexity index is 734. The number of carbonyl (C=O) groups excluding carboxylic acids is 3. The van der Waals surface area contributed by atoms with Crippen LogP contribution in [0.3, 0.4) is 0 Å². The Morgan fingerprint density at radius 3 is 2.28 bits per heavy atom. The predicted molar refractivity (Wildman–Crippen MR) is 104 cm³/mol. The van der Waals surface area contributed by atoms with Gasteiger partial charge in [-0.15, -0.1) is 0 Å². The van der Waals surface area contributed by atoms with E-state index in [9.17, 15) is 29.6 Å². The summed E-state index contributed by atoms with van der Waals surface area (Å²) < 4.78 is 4.93. The number of aliphatic hydroxyl groups excluding tert-OH is 1. The quantitative estimate of drug-likeness (QED) is 0.279. The number of nitrogens with one attached hydrogen (secondary N) is 1. The van der Waals surface area contributed by atoms with E-state index in [1.165, 1.54) is 24.3 Å². The van der Waals surface area contributed by atoms with Gasteiger partial charge in [0, 0.05) is 18.1 Å². The minimum atomic E-state index is -1.35. The van der Waals surface area contributed by atoms with Crippen molar-refractivity contribution < 1.29 is 29.2 Å². The van der Waals surface area contributed by atoms with E-state index < -0.39 is 40.8 Å². The summed E-state index contributed by atoms with van der Waals surface area (Å²) in [5.41, 5.74) is 5.67. The summed E-state index contributed by atoms with van der Waals surface area (Å²) in [7, 11) is 0. The van der Waals surface area contributed by atoms with Gasteiger partial charge in [-0.2, -0.15) is 0 Å². The van der Waals surface area contributed by atoms with Gasteiger partial charge in [-0.1, -0.05) is 26.0 Å². The van der Waals surface area contributed by atoms with Crippen molar-refractivity contribution in [3.05, 3.63) is 39.9 Å². The first-order valence-electron chi connectivity index (χ1n) is 9.24. The van der Waals surface area contributed by atoms with Gasteiger partial charge in [-0.05, 0) is 24.8 Å². The fraction of sp³-hybridized carbons (Fsp3) is 0.526. The molecule has 1 aromatic carbocycles. The molecule has 0 aliphatic heterocycles. The van der Waals surface area contributed by atoms with E-state index in [0.717, 1.165) is 0 Å². The van der Waals surface area contributed by atoms with E-state index in [1.54, 1.807) is 6.92 Å². The minimum absolute atomic E-state index is 0.0350. The molecule has 0 radical (unpaired) electrons. The van der Waals surface area contributed by atoms with Crippen molar-refractivity contribution >= 4 is 23.5 Å².